The van der Waals surface area contributed by atoms with Gasteiger partial charge in [0.2, 0.25) is 8.32 Å². The van der Waals surface area contributed by atoms with Crippen molar-refractivity contribution in [3.8, 4) is 0 Å². The minimum atomic E-state index is -1.98. The predicted molar refractivity (Wildman–Crippen MR) is 71.7 cm³/mol. The summed E-state index contributed by atoms with van der Waals surface area (Å²) in [6.45, 7) is 5.76. The first-order chi connectivity index (χ1) is 8.29. The fourth-order valence-corrected chi connectivity index (χ4v) is 2.90. The van der Waals surface area contributed by atoms with Crippen molar-refractivity contribution in [2.45, 2.75) is 51.7 Å². The summed E-state index contributed by atoms with van der Waals surface area (Å²) in [6, 6.07) is 0. The third-order valence-corrected chi connectivity index (χ3v) is 3.76. The molecule has 0 saturated heterocycles. The summed E-state index contributed by atoms with van der Waals surface area (Å²) < 4.78 is 5.42. The molecule has 1 fully saturated rings. The SMILES string of the molecule is C[Si](C)(C)OC(=O)C(=CC(=O)O)C1CCCCC1. The molecule has 0 bridgehead atoms. The van der Waals surface area contributed by atoms with Gasteiger partial charge in [-0.2, -0.15) is 0 Å². The van der Waals surface area contributed by atoms with Gasteiger partial charge in [0.25, 0.3) is 0 Å². The Hall–Kier alpha value is -1.10. The van der Waals surface area contributed by atoms with Crippen molar-refractivity contribution in [2.24, 2.45) is 5.92 Å². The average Bonchev–Trinajstić information content (AvgIpc) is 2.24. The van der Waals surface area contributed by atoms with Crippen LogP contribution >= 0.6 is 0 Å². The number of aliphatic carboxylic acids is 1. The van der Waals surface area contributed by atoms with Crippen molar-refractivity contribution in [2.75, 3.05) is 0 Å². The third kappa shape index (κ3) is 5.04. The number of carbonyl (C=O) groups excluding carboxylic acids is 1. The molecule has 1 aliphatic rings. The van der Waals surface area contributed by atoms with E-state index in [-0.39, 0.29) is 5.92 Å². The van der Waals surface area contributed by atoms with Gasteiger partial charge < -0.3 is 9.53 Å². The van der Waals surface area contributed by atoms with Gasteiger partial charge in [0.1, 0.15) is 0 Å². The van der Waals surface area contributed by atoms with Gasteiger partial charge in [0, 0.05) is 11.6 Å². The molecule has 1 rings (SSSR count). The Balaban J connectivity index is 2.84. The van der Waals surface area contributed by atoms with E-state index in [1.54, 1.807) is 0 Å². The molecule has 0 radical (unpaired) electrons. The fraction of sp³-hybridized carbons (Fsp3) is 0.692. The summed E-state index contributed by atoms with van der Waals surface area (Å²) in [5.74, 6) is -1.44. The van der Waals surface area contributed by atoms with Crippen LogP contribution in [0.5, 0.6) is 0 Å². The Morgan fingerprint density at radius 2 is 1.72 bits per heavy atom. The standard InChI is InChI=1S/C13H22O4Si/c1-18(2,3)17-13(16)11(9-12(14)15)10-7-5-4-6-8-10/h9-10H,4-8H2,1-3H3,(H,14,15). The first-order valence-electron chi connectivity index (χ1n) is 6.47. The van der Waals surface area contributed by atoms with E-state index in [1.807, 2.05) is 19.6 Å². The van der Waals surface area contributed by atoms with Gasteiger partial charge in [-0.3, -0.25) is 0 Å². The van der Waals surface area contributed by atoms with E-state index in [9.17, 15) is 9.59 Å². The molecular weight excluding hydrogens is 248 g/mol. The van der Waals surface area contributed by atoms with E-state index < -0.39 is 20.3 Å². The van der Waals surface area contributed by atoms with Crippen molar-refractivity contribution in [3.05, 3.63) is 11.6 Å². The minimum absolute atomic E-state index is 0.0544. The molecule has 0 aromatic heterocycles. The highest BCUT2D eigenvalue weighted by Gasteiger charge is 2.28. The van der Waals surface area contributed by atoms with Crippen molar-refractivity contribution >= 4 is 20.3 Å². The summed E-state index contributed by atoms with van der Waals surface area (Å²) >= 11 is 0. The summed E-state index contributed by atoms with van der Waals surface area (Å²) in [5, 5.41) is 8.89. The molecule has 1 N–H and O–H groups in total. The molecule has 0 aliphatic heterocycles. The Kier molecular flexibility index (Phi) is 5.13. The van der Waals surface area contributed by atoms with Crippen LogP contribution in [0.15, 0.2) is 11.6 Å². The second kappa shape index (κ2) is 6.18. The molecule has 0 aromatic carbocycles. The molecule has 4 nitrogen and oxygen atoms in total. The minimum Gasteiger partial charge on any atom is -0.517 e. The van der Waals surface area contributed by atoms with E-state index in [1.165, 1.54) is 6.42 Å². The summed E-state index contributed by atoms with van der Waals surface area (Å²) in [6.07, 6.45) is 6.10. The van der Waals surface area contributed by atoms with E-state index in [2.05, 4.69) is 0 Å². The molecular formula is C13H22O4Si. The van der Waals surface area contributed by atoms with E-state index in [0.717, 1.165) is 31.8 Å². The molecule has 0 amide bonds. The zero-order valence-electron chi connectivity index (χ0n) is 11.4. The largest absolute Gasteiger partial charge is 0.517 e. The third-order valence-electron chi connectivity index (χ3n) is 2.96. The fourth-order valence-electron chi connectivity index (χ4n) is 2.23. The van der Waals surface area contributed by atoms with Crippen molar-refractivity contribution < 1.29 is 19.1 Å². The molecule has 0 spiro atoms. The summed E-state index contributed by atoms with van der Waals surface area (Å²) in [5.41, 5.74) is 0.352. The van der Waals surface area contributed by atoms with Gasteiger partial charge in [-0.1, -0.05) is 19.3 Å². The maximum absolute atomic E-state index is 12.1. The van der Waals surface area contributed by atoms with Crippen LogP contribution in [0, 0.1) is 5.92 Å². The molecule has 1 aliphatic carbocycles. The molecule has 1 saturated carbocycles. The lowest BCUT2D eigenvalue weighted by Crippen LogP contribution is -2.32. The molecule has 102 valence electrons. The number of hydrogen-bond acceptors (Lipinski definition) is 3. The molecule has 0 heterocycles. The van der Waals surface area contributed by atoms with Gasteiger partial charge in [-0.25, -0.2) is 9.59 Å². The Labute approximate surface area is 109 Å². The van der Waals surface area contributed by atoms with E-state index in [4.69, 9.17) is 9.53 Å². The van der Waals surface area contributed by atoms with Gasteiger partial charge in [-0.15, -0.1) is 0 Å². The first-order valence-corrected chi connectivity index (χ1v) is 9.88. The van der Waals surface area contributed by atoms with Crippen LogP contribution in [0.25, 0.3) is 0 Å². The average molecular weight is 270 g/mol. The number of rotatable bonds is 4. The van der Waals surface area contributed by atoms with E-state index >= 15 is 0 Å². The van der Waals surface area contributed by atoms with E-state index in [0.29, 0.717) is 5.57 Å². The second-order valence-electron chi connectivity index (χ2n) is 5.77. The number of carboxylic acids is 1. The first kappa shape index (κ1) is 15.0. The van der Waals surface area contributed by atoms with Gasteiger partial charge >= 0.3 is 11.9 Å². The van der Waals surface area contributed by atoms with Crippen molar-refractivity contribution in [1.29, 1.82) is 0 Å². The Morgan fingerprint density at radius 3 is 2.17 bits per heavy atom. The van der Waals surface area contributed by atoms with Gasteiger partial charge in [-0.05, 0) is 38.4 Å². The lowest BCUT2D eigenvalue weighted by atomic mass is 9.83. The topological polar surface area (TPSA) is 63.6 Å². The van der Waals surface area contributed by atoms with Crippen molar-refractivity contribution in [1.82, 2.24) is 0 Å². The summed E-state index contributed by atoms with van der Waals surface area (Å²) in [4.78, 5) is 22.9. The van der Waals surface area contributed by atoms with Crippen LogP contribution in [-0.2, 0) is 14.0 Å². The smallest absolute Gasteiger partial charge is 0.328 e. The zero-order valence-corrected chi connectivity index (χ0v) is 12.4. The van der Waals surface area contributed by atoms with Gasteiger partial charge in [0.15, 0.2) is 0 Å². The highest BCUT2D eigenvalue weighted by Crippen LogP contribution is 2.30. The predicted octanol–water partition coefficient (Wildman–Crippen LogP) is 2.96. The monoisotopic (exact) mass is 270 g/mol. The maximum atomic E-state index is 12.1. The number of hydrogen-bond donors (Lipinski definition) is 1. The Bertz CT molecular complexity index is 348. The lowest BCUT2D eigenvalue weighted by molar-refractivity contribution is -0.134. The zero-order chi connectivity index (χ0) is 13.8. The molecule has 0 atom stereocenters. The lowest BCUT2D eigenvalue weighted by Gasteiger charge is -2.26. The van der Waals surface area contributed by atoms with Crippen LogP contribution < -0.4 is 0 Å². The highest BCUT2D eigenvalue weighted by molar-refractivity contribution is 6.71. The quantitative estimate of drug-likeness (QED) is 0.630. The number of carboxylic acid groups (broad SMARTS) is 1. The Morgan fingerprint density at radius 1 is 1.17 bits per heavy atom. The van der Waals surface area contributed by atoms with Crippen LogP contribution in [0.4, 0.5) is 0 Å². The maximum Gasteiger partial charge on any atom is 0.328 e. The molecule has 0 unspecified atom stereocenters. The highest BCUT2D eigenvalue weighted by atomic mass is 28.4. The normalized spacial score (nSPS) is 18.5. The van der Waals surface area contributed by atoms with Crippen LogP contribution in [0.2, 0.25) is 19.6 Å². The van der Waals surface area contributed by atoms with Crippen molar-refractivity contribution in [3.63, 3.8) is 0 Å². The van der Waals surface area contributed by atoms with Gasteiger partial charge in [0.05, 0.1) is 0 Å². The van der Waals surface area contributed by atoms with Crippen LogP contribution in [0.1, 0.15) is 32.1 Å². The molecule has 18 heavy (non-hydrogen) atoms. The van der Waals surface area contributed by atoms with Crippen LogP contribution in [-0.4, -0.2) is 25.4 Å². The second-order valence-corrected chi connectivity index (χ2v) is 10.2. The summed E-state index contributed by atoms with van der Waals surface area (Å²) in [7, 11) is -1.98. The number of carbonyl (C=O) groups is 2. The molecule has 0 aromatic rings. The van der Waals surface area contributed by atoms with Crippen LogP contribution in [0.3, 0.4) is 0 Å². The molecule has 5 heteroatoms.